The summed E-state index contributed by atoms with van der Waals surface area (Å²) >= 11 is 0. The van der Waals surface area contributed by atoms with E-state index in [1.54, 1.807) is 0 Å². The number of rotatable bonds is 7. The molecule has 4 nitrogen and oxygen atoms in total. The van der Waals surface area contributed by atoms with Gasteiger partial charge in [0.25, 0.3) is 0 Å². The second-order valence-electron chi connectivity index (χ2n) is 6.05. The van der Waals surface area contributed by atoms with Crippen LogP contribution in [0.15, 0.2) is 12.3 Å². The average Bonchev–Trinajstić information content (AvgIpc) is 2.93. The number of aromatic nitrogens is 2. The molecule has 1 aliphatic rings. The van der Waals surface area contributed by atoms with Gasteiger partial charge in [0.15, 0.2) is 0 Å². The first-order chi connectivity index (χ1) is 9.70. The molecule has 2 heterocycles. The molecule has 0 bridgehead atoms. The molecule has 1 saturated heterocycles. The van der Waals surface area contributed by atoms with Crippen LogP contribution in [0.2, 0.25) is 0 Å². The zero-order valence-corrected chi connectivity index (χ0v) is 13.1. The van der Waals surface area contributed by atoms with Crippen LogP contribution in [0.4, 0.5) is 0 Å². The van der Waals surface area contributed by atoms with Crippen LogP contribution in [0.3, 0.4) is 0 Å². The Kier molecular flexibility index (Phi) is 6.05. The van der Waals surface area contributed by atoms with E-state index < -0.39 is 0 Å². The number of nitrogens with one attached hydrogen (secondary N) is 1. The molecule has 20 heavy (non-hydrogen) atoms. The standard InChI is InChI=1S/C16H29N3O/c1-4-9-17-15(16-7-5-6-11-20-16)12-14-8-10-19(18-14)13(2)3/h8,10,13,15-17H,4-7,9,11-12H2,1-3H3. The van der Waals surface area contributed by atoms with Crippen LogP contribution in [0.5, 0.6) is 0 Å². The van der Waals surface area contributed by atoms with E-state index in [0.29, 0.717) is 18.2 Å². The van der Waals surface area contributed by atoms with Gasteiger partial charge in [0, 0.05) is 31.3 Å². The Morgan fingerprint density at radius 1 is 1.45 bits per heavy atom. The highest BCUT2D eigenvalue weighted by Crippen LogP contribution is 2.18. The maximum absolute atomic E-state index is 5.97. The molecule has 0 aliphatic carbocycles. The topological polar surface area (TPSA) is 39.1 Å². The van der Waals surface area contributed by atoms with E-state index >= 15 is 0 Å². The summed E-state index contributed by atoms with van der Waals surface area (Å²) in [4.78, 5) is 0. The molecule has 114 valence electrons. The fourth-order valence-electron chi connectivity index (χ4n) is 2.75. The SMILES string of the molecule is CCCNC(Cc1ccn(C(C)C)n1)C1CCCCO1. The van der Waals surface area contributed by atoms with Crippen LogP contribution < -0.4 is 5.32 Å². The molecular weight excluding hydrogens is 250 g/mol. The fraction of sp³-hybridized carbons (Fsp3) is 0.812. The lowest BCUT2D eigenvalue weighted by Crippen LogP contribution is -2.44. The van der Waals surface area contributed by atoms with E-state index in [0.717, 1.165) is 26.0 Å². The van der Waals surface area contributed by atoms with Gasteiger partial charge in [-0.05, 0) is 52.1 Å². The van der Waals surface area contributed by atoms with Crippen molar-refractivity contribution in [1.82, 2.24) is 15.1 Å². The molecule has 1 fully saturated rings. The van der Waals surface area contributed by atoms with Gasteiger partial charge < -0.3 is 10.1 Å². The Labute approximate surface area is 122 Å². The van der Waals surface area contributed by atoms with Crippen molar-refractivity contribution in [1.29, 1.82) is 0 Å². The smallest absolute Gasteiger partial charge is 0.0731 e. The predicted molar refractivity (Wildman–Crippen MR) is 82.0 cm³/mol. The highest BCUT2D eigenvalue weighted by molar-refractivity contribution is 5.03. The van der Waals surface area contributed by atoms with Gasteiger partial charge in [-0.1, -0.05) is 6.92 Å². The summed E-state index contributed by atoms with van der Waals surface area (Å²) in [6.07, 6.45) is 8.22. The van der Waals surface area contributed by atoms with Gasteiger partial charge in [-0.3, -0.25) is 4.68 Å². The maximum atomic E-state index is 5.97. The van der Waals surface area contributed by atoms with Gasteiger partial charge in [-0.25, -0.2) is 0 Å². The Hall–Kier alpha value is -0.870. The summed E-state index contributed by atoms with van der Waals surface area (Å²) in [5.74, 6) is 0. The first-order valence-corrected chi connectivity index (χ1v) is 8.09. The van der Waals surface area contributed by atoms with E-state index in [-0.39, 0.29) is 0 Å². The first-order valence-electron chi connectivity index (χ1n) is 8.09. The quantitative estimate of drug-likeness (QED) is 0.834. The first kappa shape index (κ1) is 15.5. The third-order valence-corrected chi connectivity index (χ3v) is 3.94. The van der Waals surface area contributed by atoms with Crippen molar-refractivity contribution in [2.24, 2.45) is 0 Å². The zero-order valence-electron chi connectivity index (χ0n) is 13.1. The minimum Gasteiger partial charge on any atom is -0.377 e. The molecule has 1 aromatic rings. The van der Waals surface area contributed by atoms with Crippen LogP contribution >= 0.6 is 0 Å². The number of ether oxygens (including phenoxy) is 1. The van der Waals surface area contributed by atoms with Crippen molar-refractivity contribution >= 4 is 0 Å². The largest absolute Gasteiger partial charge is 0.377 e. The second kappa shape index (κ2) is 7.79. The van der Waals surface area contributed by atoms with E-state index in [2.05, 4.69) is 43.4 Å². The molecule has 2 atom stereocenters. The van der Waals surface area contributed by atoms with Crippen LogP contribution in [0, 0.1) is 0 Å². The molecule has 2 rings (SSSR count). The lowest BCUT2D eigenvalue weighted by molar-refractivity contribution is -0.00759. The molecule has 1 N–H and O–H groups in total. The highest BCUT2D eigenvalue weighted by Gasteiger charge is 2.25. The molecule has 4 heteroatoms. The van der Waals surface area contributed by atoms with Gasteiger partial charge in [0.1, 0.15) is 0 Å². The minimum absolute atomic E-state index is 0.347. The zero-order chi connectivity index (χ0) is 14.4. The van der Waals surface area contributed by atoms with Crippen molar-refractivity contribution in [3.05, 3.63) is 18.0 Å². The Balaban J connectivity index is 1.97. The number of hydrogen-bond acceptors (Lipinski definition) is 3. The van der Waals surface area contributed by atoms with Gasteiger partial charge in [0.2, 0.25) is 0 Å². The lowest BCUT2D eigenvalue weighted by Gasteiger charge is -2.31. The third kappa shape index (κ3) is 4.32. The van der Waals surface area contributed by atoms with Crippen LogP contribution in [0.25, 0.3) is 0 Å². The van der Waals surface area contributed by atoms with Crippen LogP contribution in [-0.2, 0) is 11.2 Å². The summed E-state index contributed by atoms with van der Waals surface area (Å²) in [6.45, 7) is 8.49. The van der Waals surface area contributed by atoms with Crippen molar-refractivity contribution < 1.29 is 4.74 Å². The monoisotopic (exact) mass is 279 g/mol. The number of hydrogen-bond donors (Lipinski definition) is 1. The molecule has 0 radical (unpaired) electrons. The van der Waals surface area contributed by atoms with Crippen molar-refractivity contribution in [3.63, 3.8) is 0 Å². The van der Waals surface area contributed by atoms with Crippen molar-refractivity contribution in [3.8, 4) is 0 Å². The average molecular weight is 279 g/mol. The Morgan fingerprint density at radius 2 is 2.30 bits per heavy atom. The van der Waals surface area contributed by atoms with Gasteiger partial charge in [-0.2, -0.15) is 5.10 Å². The normalized spacial score (nSPS) is 21.3. The van der Waals surface area contributed by atoms with Gasteiger partial charge in [0.05, 0.1) is 11.8 Å². The summed E-state index contributed by atoms with van der Waals surface area (Å²) < 4.78 is 8.00. The number of nitrogens with zero attached hydrogens (tertiary/aromatic N) is 2. The third-order valence-electron chi connectivity index (χ3n) is 3.94. The summed E-state index contributed by atoms with van der Waals surface area (Å²) in [5.41, 5.74) is 1.17. The van der Waals surface area contributed by atoms with Crippen LogP contribution in [0.1, 0.15) is 58.2 Å². The van der Waals surface area contributed by atoms with Gasteiger partial charge in [-0.15, -0.1) is 0 Å². The lowest BCUT2D eigenvalue weighted by atomic mass is 9.98. The second-order valence-corrected chi connectivity index (χ2v) is 6.05. The fourth-order valence-corrected chi connectivity index (χ4v) is 2.75. The molecule has 1 aromatic heterocycles. The van der Waals surface area contributed by atoms with Crippen molar-refractivity contribution in [2.45, 2.75) is 71.1 Å². The minimum atomic E-state index is 0.347. The predicted octanol–water partition coefficient (Wildman–Crippen LogP) is 2.94. The van der Waals surface area contributed by atoms with E-state index in [9.17, 15) is 0 Å². The van der Waals surface area contributed by atoms with E-state index in [1.165, 1.54) is 25.0 Å². The summed E-state index contributed by atoms with van der Waals surface area (Å²) in [7, 11) is 0. The molecule has 1 aliphatic heterocycles. The molecular formula is C16H29N3O. The van der Waals surface area contributed by atoms with E-state index in [1.807, 2.05) is 4.68 Å². The summed E-state index contributed by atoms with van der Waals surface area (Å²) in [5, 5.41) is 8.33. The van der Waals surface area contributed by atoms with Crippen LogP contribution in [-0.4, -0.2) is 35.1 Å². The maximum Gasteiger partial charge on any atom is 0.0731 e. The molecule has 2 unspecified atom stereocenters. The summed E-state index contributed by atoms with van der Waals surface area (Å²) in [6, 6.07) is 2.96. The Bertz CT molecular complexity index is 383. The molecule has 0 saturated carbocycles. The Morgan fingerprint density at radius 3 is 2.90 bits per heavy atom. The van der Waals surface area contributed by atoms with E-state index in [4.69, 9.17) is 4.74 Å². The highest BCUT2D eigenvalue weighted by atomic mass is 16.5. The van der Waals surface area contributed by atoms with Gasteiger partial charge >= 0.3 is 0 Å². The molecule has 0 spiro atoms. The van der Waals surface area contributed by atoms with Crippen molar-refractivity contribution in [2.75, 3.05) is 13.2 Å². The molecule has 0 aromatic carbocycles. The molecule has 0 amide bonds.